The molecule has 1 atom stereocenters. The minimum atomic E-state index is -0.305. The van der Waals surface area contributed by atoms with Gasteiger partial charge in [-0.1, -0.05) is 29.8 Å². The maximum Gasteiger partial charge on any atom is 0.121 e. The van der Waals surface area contributed by atoms with Crippen molar-refractivity contribution >= 4 is 0 Å². The van der Waals surface area contributed by atoms with Gasteiger partial charge in [-0.25, -0.2) is 0 Å². The van der Waals surface area contributed by atoms with Gasteiger partial charge in [-0.3, -0.25) is 5.32 Å². The maximum absolute atomic E-state index is 9.13. The van der Waals surface area contributed by atoms with E-state index in [0.29, 0.717) is 6.54 Å². The third-order valence-corrected chi connectivity index (χ3v) is 2.60. The van der Waals surface area contributed by atoms with Crippen LogP contribution in [-0.2, 0) is 6.54 Å². The summed E-state index contributed by atoms with van der Waals surface area (Å²) in [7, 11) is 0. The lowest BCUT2D eigenvalue weighted by Crippen LogP contribution is -2.19. The van der Waals surface area contributed by atoms with Crippen LogP contribution in [0, 0.1) is 18.3 Å². The molecule has 2 rings (SSSR count). The first-order valence-electron chi connectivity index (χ1n) is 5.51. The molecule has 0 bridgehead atoms. The van der Waals surface area contributed by atoms with Gasteiger partial charge in [0.25, 0.3) is 0 Å². The van der Waals surface area contributed by atoms with E-state index in [2.05, 4.69) is 11.4 Å². The van der Waals surface area contributed by atoms with Crippen molar-refractivity contribution in [3.63, 3.8) is 0 Å². The van der Waals surface area contributed by atoms with Gasteiger partial charge in [0.1, 0.15) is 11.8 Å². The number of rotatable bonds is 4. The highest BCUT2D eigenvalue weighted by atomic mass is 16.3. The second-order valence-electron chi connectivity index (χ2n) is 3.93. The molecule has 0 aliphatic heterocycles. The van der Waals surface area contributed by atoms with Crippen LogP contribution in [0.4, 0.5) is 0 Å². The SMILES string of the molecule is Cc1ccc(C(C#N)NCc2ccco2)cc1. The first kappa shape index (κ1) is 11.4. The number of nitrogens with zero attached hydrogens (tertiary/aromatic N) is 1. The van der Waals surface area contributed by atoms with Crippen molar-refractivity contribution in [2.45, 2.75) is 19.5 Å². The Kier molecular flexibility index (Phi) is 3.59. The van der Waals surface area contributed by atoms with Crippen LogP contribution >= 0.6 is 0 Å². The molecule has 0 saturated heterocycles. The molecule has 0 spiro atoms. The third kappa shape index (κ3) is 2.96. The molecule has 1 aromatic carbocycles. The van der Waals surface area contributed by atoms with Gasteiger partial charge in [0.2, 0.25) is 0 Å². The summed E-state index contributed by atoms with van der Waals surface area (Å²) in [5.41, 5.74) is 2.17. The van der Waals surface area contributed by atoms with Crippen molar-refractivity contribution in [2.24, 2.45) is 0 Å². The monoisotopic (exact) mass is 226 g/mol. The van der Waals surface area contributed by atoms with Gasteiger partial charge in [-0.15, -0.1) is 0 Å². The first-order chi connectivity index (χ1) is 8.29. The van der Waals surface area contributed by atoms with Crippen molar-refractivity contribution in [2.75, 3.05) is 0 Å². The average Bonchev–Trinajstić information content (AvgIpc) is 2.85. The van der Waals surface area contributed by atoms with E-state index in [9.17, 15) is 0 Å². The quantitative estimate of drug-likeness (QED) is 0.872. The lowest BCUT2D eigenvalue weighted by atomic mass is 10.1. The fourth-order valence-electron chi connectivity index (χ4n) is 1.61. The van der Waals surface area contributed by atoms with E-state index in [1.807, 2.05) is 43.3 Å². The van der Waals surface area contributed by atoms with Crippen LogP contribution in [0.5, 0.6) is 0 Å². The second-order valence-corrected chi connectivity index (χ2v) is 3.93. The van der Waals surface area contributed by atoms with Crippen molar-refractivity contribution < 1.29 is 4.42 Å². The minimum absolute atomic E-state index is 0.305. The highest BCUT2D eigenvalue weighted by molar-refractivity contribution is 5.27. The molecule has 86 valence electrons. The fourth-order valence-corrected chi connectivity index (χ4v) is 1.61. The molecule has 1 unspecified atom stereocenters. The molecule has 3 nitrogen and oxygen atoms in total. The summed E-state index contributed by atoms with van der Waals surface area (Å²) in [4.78, 5) is 0. The van der Waals surface area contributed by atoms with Crippen LogP contribution in [0.25, 0.3) is 0 Å². The number of nitrogens with one attached hydrogen (secondary N) is 1. The Morgan fingerprint density at radius 1 is 1.29 bits per heavy atom. The van der Waals surface area contributed by atoms with Crippen molar-refractivity contribution in [3.8, 4) is 6.07 Å². The summed E-state index contributed by atoms with van der Waals surface area (Å²) in [6.45, 7) is 2.58. The predicted molar refractivity (Wildman–Crippen MR) is 65.1 cm³/mol. The van der Waals surface area contributed by atoms with Gasteiger partial charge in [-0.05, 0) is 24.6 Å². The van der Waals surface area contributed by atoms with Crippen molar-refractivity contribution in [3.05, 3.63) is 59.5 Å². The summed E-state index contributed by atoms with van der Waals surface area (Å²) in [5.74, 6) is 0.831. The fraction of sp³-hybridized carbons (Fsp3) is 0.214. The molecule has 0 aliphatic carbocycles. The van der Waals surface area contributed by atoms with Gasteiger partial charge >= 0.3 is 0 Å². The number of nitriles is 1. The Morgan fingerprint density at radius 3 is 2.65 bits per heavy atom. The van der Waals surface area contributed by atoms with E-state index in [-0.39, 0.29) is 6.04 Å². The Bertz CT molecular complexity index is 494. The van der Waals surface area contributed by atoms with Gasteiger partial charge < -0.3 is 4.42 Å². The van der Waals surface area contributed by atoms with E-state index in [1.54, 1.807) is 6.26 Å². The standard InChI is InChI=1S/C14H14N2O/c1-11-4-6-12(7-5-11)14(9-15)16-10-13-3-2-8-17-13/h2-8,14,16H,10H2,1H3. The van der Waals surface area contributed by atoms with E-state index < -0.39 is 0 Å². The predicted octanol–water partition coefficient (Wildman–Crippen LogP) is 2.94. The van der Waals surface area contributed by atoms with E-state index in [0.717, 1.165) is 11.3 Å². The molecule has 17 heavy (non-hydrogen) atoms. The third-order valence-electron chi connectivity index (χ3n) is 2.60. The van der Waals surface area contributed by atoms with Crippen molar-refractivity contribution in [1.29, 1.82) is 5.26 Å². The number of benzene rings is 1. The molecule has 3 heteroatoms. The zero-order chi connectivity index (χ0) is 12.1. The van der Waals surface area contributed by atoms with Crippen LogP contribution < -0.4 is 5.32 Å². The van der Waals surface area contributed by atoms with E-state index in [4.69, 9.17) is 9.68 Å². The normalized spacial score (nSPS) is 12.0. The molecule has 0 amide bonds. The Labute approximate surface area is 101 Å². The second kappa shape index (κ2) is 5.33. The molecule has 2 aromatic rings. The smallest absolute Gasteiger partial charge is 0.121 e. The van der Waals surface area contributed by atoms with Crippen LogP contribution in [0.1, 0.15) is 22.9 Å². The van der Waals surface area contributed by atoms with Gasteiger partial charge in [-0.2, -0.15) is 5.26 Å². The van der Waals surface area contributed by atoms with Gasteiger partial charge in [0.15, 0.2) is 0 Å². The lowest BCUT2D eigenvalue weighted by Gasteiger charge is -2.10. The molecule has 0 saturated carbocycles. The van der Waals surface area contributed by atoms with Crippen molar-refractivity contribution in [1.82, 2.24) is 5.32 Å². The lowest BCUT2D eigenvalue weighted by molar-refractivity contribution is 0.473. The first-order valence-corrected chi connectivity index (χ1v) is 5.51. The molecule has 0 aliphatic rings. The Hall–Kier alpha value is -2.05. The Morgan fingerprint density at radius 2 is 2.06 bits per heavy atom. The average molecular weight is 226 g/mol. The molecular formula is C14H14N2O. The topological polar surface area (TPSA) is 49.0 Å². The number of furan rings is 1. The summed E-state index contributed by atoms with van der Waals surface area (Å²) >= 11 is 0. The van der Waals surface area contributed by atoms with Gasteiger partial charge in [0.05, 0.1) is 18.9 Å². The number of hydrogen-bond donors (Lipinski definition) is 1. The van der Waals surface area contributed by atoms with Crippen LogP contribution in [-0.4, -0.2) is 0 Å². The summed E-state index contributed by atoms with van der Waals surface area (Å²) in [6, 6.07) is 13.6. The Balaban J connectivity index is 2.02. The molecular weight excluding hydrogens is 212 g/mol. The molecule has 0 fully saturated rings. The highest BCUT2D eigenvalue weighted by Gasteiger charge is 2.09. The highest BCUT2D eigenvalue weighted by Crippen LogP contribution is 2.14. The number of hydrogen-bond acceptors (Lipinski definition) is 3. The minimum Gasteiger partial charge on any atom is -0.468 e. The molecule has 0 radical (unpaired) electrons. The van der Waals surface area contributed by atoms with Crippen LogP contribution in [0.15, 0.2) is 47.1 Å². The zero-order valence-corrected chi connectivity index (χ0v) is 9.68. The zero-order valence-electron chi connectivity index (χ0n) is 9.68. The van der Waals surface area contributed by atoms with Gasteiger partial charge in [0, 0.05) is 0 Å². The van der Waals surface area contributed by atoms with Crippen LogP contribution in [0.3, 0.4) is 0 Å². The number of aryl methyl sites for hydroxylation is 1. The van der Waals surface area contributed by atoms with E-state index >= 15 is 0 Å². The van der Waals surface area contributed by atoms with Crippen LogP contribution in [0.2, 0.25) is 0 Å². The molecule has 1 heterocycles. The molecule has 1 aromatic heterocycles. The van der Waals surface area contributed by atoms with E-state index in [1.165, 1.54) is 5.56 Å². The summed E-state index contributed by atoms with van der Waals surface area (Å²) in [5, 5.41) is 12.3. The maximum atomic E-state index is 9.13. The summed E-state index contributed by atoms with van der Waals surface area (Å²) < 4.78 is 5.21. The molecule has 1 N–H and O–H groups in total. The largest absolute Gasteiger partial charge is 0.468 e. The summed E-state index contributed by atoms with van der Waals surface area (Å²) in [6.07, 6.45) is 1.63.